The van der Waals surface area contributed by atoms with Crippen molar-refractivity contribution in [2.24, 2.45) is 0 Å². The molecule has 0 saturated carbocycles. The highest BCUT2D eigenvalue weighted by molar-refractivity contribution is 7.21. The van der Waals surface area contributed by atoms with Crippen molar-refractivity contribution < 1.29 is 18.3 Å². The second kappa shape index (κ2) is 9.30. The van der Waals surface area contributed by atoms with Crippen molar-refractivity contribution in [1.82, 2.24) is 14.9 Å². The summed E-state index contributed by atoms with van der Waals surface area (Å²) in [6.07, 6.45) is 1.87. The molecule has 1 amide bonds. The van der Waals surface area contributed by atoms with Crippen LogP contribution < -0.4 is 5.32 Å². The minimum atomic E-state index is -1.07. The summed E-state index contributed by atoms with van der Waals surface area (Å²) >= 11 is 1.43. The lowest BCUT2D eigenvalue weighted by Crippen LogP contribution is -2.35. The van der Waals surface area contributed by atoms with Crippen molar-refractivity contribution in [2.45, 2.75) is 6.54 Å². The van der Waals surface area contributed by atoms with Crippen molar-refractivity contribution in [3.8, 4) is 10.6 Å². The monoisotopic (exact) mass is 466 g/mol. The van der Waals surface area contributed by atoms with Gasteiger partial charge in [-0.05, 0) is 42.0 Å². The molecule has 1 saturated heterocycles. The number of nitrogens with one attached hydrogen (secondary N) is 1. The van der Waals surface area contributed by atoms with Gasteiger partial charge in [-0.15, -0.1) is 0 Å². The SMILES string of the molecule is O=C(Nc1ccccc1-c1nc2cc(CN3CCOCC3)cnc2s1)c1ccc(F)c(F)c1. The number of nitrogens with zero attached hydrogens (tertiary/aromatic N) is 3. The van der Waals surface area contributed by atoms with Gasteiger partial charge in [-0.3, -0.25) is 9.69 Å². The largest absolute Gasteiger partial charge is 0.379 e. The van der Waals surface area contributed by atoms with E-state index in [-0.39, 0.29) is 5.56 Å². The lowest BCUT2D eigenvalue weighted by molar-refractivity contribution is 0.0341. The maximum absolute atomic E-state index is 13.5. The minimum Gasteiger partial charge on any atom is -0.379 e. The van der Waals surface area contributed by atoms with Crippen LogP contribution in [0.15, 0.2) is 54.7 Å². The smallest absolute Gasteiger partial charge is 0.255 e. The fourth-order valence-electron chi connectivity index (χ4n) is 3.69. The van der Waals surface area contributed by atoms with Crippen LogP contribution in [0.4, 0.5) is 14.5 Å². The van der Waals surface area contributed by atoms with E-state index in [9.17, 15) is 13.6 Å². The van der Waals surface area contributed by atoms with Crippen LogP contribution in [0.1, 0.15) is 15.9 Å². The number of carbonyl (C=O) groups excluding carboxylic acids is 1. The van der Waals surface area contributed by atoms with Crippen molar-refractivity contribution in [1.29, 1.82) is 0 Å². The summed E-state index contributed by atoms with van der Waals surface area (Å²) in [5, 5.41) is 3.49. The summed E-state index contributed by atoms with van der Waals surface area (Å²) in [6.45, 7) is 4.06. The van der Waals surface area contributed by atoms with Gasteiger partial charge in [0, 0.05) is 37.0 Å². The number of ether oxygens (including phenoxy) is 1. The van der Waals surface area contributed by atoms with E-state index in [1.54, 1.807) is 12.1 Å². The number of carbonyl (C=O) groups is 1. The third-order valence-corrected chi connectivity index (χ3v) is 6.41. The van der Waals surface area contributed by atoms with Crippen LogP contribution in [0.2, 0.25) is 0 Å². The molecule has 5 rings (SSSR count). The molecule has 6 nitrogen and oxygen atoms in total. The molecule has 1 aliphatic rings. The van der Waals surface area contributed by atoms with Gasteiger partial charge in [0.2, 0.25) is 0 Å². The Morgan fingerprint density at radius 3 is 2.73 bits per heavy atom. The number of para-hydroxylation sites is 1. The van der Waals surface area contributed by atoms with Crippen LogP contribution in [0.5, 0.6) is 0 Å². The van der Waals surface area contributed by atoms with Crippen molar-refractivity contribution in [3.63, 3.8) is 0 Å². The number of thiazole rings is 1. The second-order valence-corrected chi connectivity index (χ2v) is 8.68. The summed E-state index contributed by atoms with van der Waals surface area (Å²) in [4.78, 5) is 25.1. The number of aromatic nitrogens is 2. The molecular formula is C24H20F2N4O2S. The Morgan fingerprint density at radius 1 is 1.09 bits per heavy atom. The summed E-state index contributed by atoms with van der Waals surface area (Å²) in [6, 6.07) is 12.3. The van der Waals surface area contributed by atoms with E-state index in [1.165, 1.54) is 17.4 Å². The van der Waals surface area contributed by atoms with Gasteiger partial charge in [0.1, 0.15) is 15.4 Å². The van der Waals surface area contributed by atoms with Gasteiger partial charge in [-0.2, -0.15) is 0 Å². The number of hydrogen-bond acceptors (Lipinski definition) is 6. The third kappa shape index (κ3) is 4.75. The first kappa shape index (κ1) is 21.6. The molecule has 0 aliphatic carbocycles. The fourth-order valence-corrected chi connectivity index (χ4v) is 4.62. The Labute approximate surface area is 192 Å². The van der Waals surface area contributed by atoms with Gasteiger partial charge in [-0.25, -0.2) is 18.7 Å². The van der Waals surface area contributed by atoms with E-state index in [1.807, 2.05) is 24.4 Å². The van der Waals surface area contributed by atoms with Crippen LogP contribution in [0.25, 0.3) is 20.9 Å². The summed E-state index contributed by atoms with van der Waals surface area (Å²) in [7, 11) is 0. The van der Waals surface area contributed by atoms with E-state index >= 15 is 0 Å². The number of pyridine rings is 1. The van der Waals surface area contributed by atoms with Crippen molar-refractivity contribution >= 4 is 33.3 Å². The van der Waals surface area contributed by atoms with Crippen LogP contribution >= 0.6 is 11.3 Å². The van der Waals surface area contributed by atoms with Gasteiger partial charge in [0.05, 0.1) is 18.9 Å². The topological polar surface area (TPSA) is 67.4 Å². The number of rotatable bonds is 5. The first-order chi connectivity index (χ1) is 16.1. The Balaban J connectivity index is 1.40. The number of hydrogen-bond donors (Lipinski definition) is 1. The van der Waals surface area contributed by atoms with E-state index in [2.05, 4.69) is 15.2 Å². The average Bonchev–Trinajstić information content (AvgIpc) is 3.25. The highest BCUT2D eigenvalue weighted by atomic mass is 32.1. The minimum absolute atomic E-state index is 0.0300. The number of fused-ring (bicyclic) bond motifs is 1. The third-order valence-electron chi connectivity index (χ3n) is 5.40. The molecule has 33 heavy (non-hydrogen) atoms. The Morgan fingerprint density at radius 2 is 1.91 bits per heavy atom. The lowest BCUT2D eigenvalue weighted by atomic mass is 10.1. The average molecular weight is 467 g/mol. The molecule has 0 bridgehead atoms. The molecule has 1 aliphatic heterocycles. The van der Waals surface area contributed by atoms with E-state index in [4.69, 9.17) is 9.72 Å². The van der Waals surface area contributed by atoms with E-state index < -0.39 is 17.5 Å². The summed E-state index contributed by atoms with van der Waals surface area (Å²) in [5.41, 5.74) is 3.16. The molecule has 168 valence electrons. The van der Waals surface area contributed by atoms with E-state index in [0.717, 1.165) is 66.5 Å². The number of amides is 1. The molecule has 0 spiro atoms. The van der Waals surface area contributed by atoms with Crippen LogP contribution in [-0.4, -0.2) is 47.1 Å². The zero-order valence-corrected chi connectivity index (χ0v) is 18.4. The molecule has 1 fully saturated rings. The Hall–Kier alpha value is -3.27. The molecule has 2 aromatic heterocycles. The Kier molecular flexibility index (Phi) is 6.08. The number of anilines is 1. The first-order valence-electron chi connectivity index (χ1n) is 10.5. The quantitative estimate of drug-likeness (QED) is 0.461. The van der Waals surface area contributed by atoms with E-state index in [0.29, 0.717) is 10.7 Å². The van der Waals surface area contributed by atoms with Gasteiger partial charge in [0.15, 0.2) is 11.6 Å². The maximum Gasteiger partial charge on any atom is 0.255 e. The molecule has 0 atom stereocenters. The summed E-state index contributed by atoms with van der Waals surface area (Å²) in [5.74, 6) is -2.60. The van der Waals surface area contributed by atoms with Crippen molar-refractivity contribution in [3.05, 3.63) is 77.5 Å². The Bertz CT molecular complexity index is 1320. The first-order valence-corrected chi connectivity index (χ1v) is 11.3. The zero-order valence-electron chi connectivity index (χ0n) is 17.6. The molecule has 4 aromatic rings. The molecule has 3 heterocycles. The van der Waals surface area contributed by atoms with Gasteiger partial charge >= 0.3 is 0 Å². The molecule has 2 aromatic carbocycles. The van der Waals surface area contributed by atoms with Crippen LogP contribution in [0, 0.1) is 11.6 Å². The van der Waals surface area contributed by atoms with Gasteiger partial charge < -0.3 is 10.1 Å². The van der Waals surface area contributed by atoms with Gasteiger partial charge in [-0.1, -0.05) is 23.5 Å². The highest BCUT2D eigenvalue weighted by Gasteiger charge is 2.16. The zero-order chi connectivity index (χ0) is 22.8. The predicted octanol–water partition coefficient (Wildman–Crippen LogP) is 4.72. The highest BCUT2D eigenvalue weighted by Crippen LogP contribution is 2.34. The van der Waals surface area contributed by atoms with Crippen LogP contribution in [-0.2, 0) is 11.3 Å². The number of benzene rings is 2. The predicted molar refractivity (Wildman–Crippen MR) is 123 cm³/mol. The molecule has 9 heteroatoms. The number of halogens is 2. The second-order valence-electron chi connectivity index (χ2n) is 7.70. The lowest BCUT2D eigenvalue weighted by Gasteiger charge is -2.26. The van der Waals surface area contributed by atoms with Gasteiger partial charge in [0.25, 0.3) is 5.91 Å². The molecule has 1 N–H and O–H groups in total. The normalized spacial score (nSPS) is 14.5. The molecular weight excluding hydrogens is 446 g/mol. The standard InChI is InChI=1S/C24H20F2N4O2S/c25-18-6-5-16(12-19(18)26)22(31)28-20-4-2-1-3-17(20)23-29-21-11-15(13-27-24(21)33-23)14-30-7-9-32-10-8-30/h1-6,11-13H,7-10,14H2,(H,28,31). The van der Waals surface area contributed by atoms with Crippen molar-refractivity contribution in [2.75, 3.05) is 31.6 Å². The molecule has 0 unspecified atom stereocenters. The number of morpholine rings is 1. The maximum atomic E-state index is 13.5. The molecule has 0 radical (unpaired) electrons. The van der Waals surface area contributed by atoms with Crippen LogP contribution in [0.3, 0.4) is 0 Å². The summed E-state index contributed by atoms with van der Waals surface area (Å²) < 4.78 is 32.2. The fraction of sp³-hybridized carbons (Fsp3) is 0.208.